The van der Waals surface area contributed by atoms with Gasteiger partial charge in [-0.3, -0.25) is 9.59 Å². The van der Waals surface area contributed by atoms with E-state index in [0.29, 0.717) is 10.4 Å². The van der Waals surface area contributed by atoms with E-state index < -0.39 is 5.97 Å². The number of rotatable bonds is 3. The number of ether oxygens (including phenoxy) is 1. The second-order valence-electron chi connectivity index (χ2n) is 4.94. The summed E-state index contributed by atoms with van der Waals surface area (Å²) in [6.45, 7) is -0.000957. The van der Waals surface area contributed by atoms with Gasteiger partial charge in [0.05, 0.1) is 17.3 Å². The number of aromatic nitrogens is 1. The van der Waals surface area contributed by atoms with Gasteiger partial charge in [0, 0.05) is 10.0 Å². The van der Waals surface area contributed by atoms with Crippen molar-refractivity contribution in [3.05, 3.63) is 63.4 Å². The molecular weight excluding hydrogens is 392 g/mol. The van der Waals surface area contributed by atoms with Crippen molar-refractivity contribution in [2.45, 2.75) is 6.54 Å². The Morgan fingerprint density at radius 2 is 1.96 bits per heavy atom. The second-order valence-corrected chi connectivity index (χ2v) is 6.87. The third kappa shape index (κ3) is 3.47. The minimum atomic E-state index is -0.397. The van der Waals surface area contributed by atoms with Crippen LogP contribution in [0.1, 0.15) is 10.4 Å². The summed E-state index contributed by atoms with van der Waals surface area (Å²) in [7, 11) is 1.33. The summed E-state index contributed by atoms with van der Waals surface area (Å²) in [6, 6.07) is 14.5. The highest BCUT2D eigenvalue weighted by Crippen LogP contribution is 2.22. The maximum absolute atomic E-state index is 12.4. The predicted molar refractivity (Wildman–Crippen MR) is 95.9 cm³/mol. The summed E-state index contributed by atoms with van der Waals surface area (Å²) in [4.78, 5) is 28.8. The van der Waals surface area contributed by atoms with Crippen LogP contribution in [-0.2, 0) is 16.1 Å². The van der Waals surface area contributed by atoms with Gasteiger partial charge >= 0.3 is 5.97 Å². The Labute approximate surface area is 150 Å². The van der Waals surface area contributed by atoms with Crippen LogP contribution in [0.3, 0.4) is 0 Å². The molecule has 0 saturated heterocycles. The fraction of sp³-hybridized carbons (Fsp3) is 0.118. The Bertz CT molecular complexity index is 976. The zero-order valence-electron chi connectivity index (χ0n) is 12.7. The number of nitrogens with zero attached hydrogens (tertiary/aromatic N) is 2. The van der Waals surface area contributed by atoms with Crippen molar-refractivity contribution in [3.8, 4) is 0 Å². The highest BCUT2D eigenvalue weighted by Gasteiger charge is 2.12. The normalized spacial score (nSPS) is 11.7. The van der Waals surface area contributed by atoms with Crippen LogP contribution < -0.4 is 4.80 Å². The van der Waals surface area contributed by atoms with Crippen LogP contribution in [0.25, 0.3) is 10.2 Å². The fourth-order valence-electron chi connectivity index (χ4n) is 2.21. The summed E-state index contributed by atoms with van der Waals surface area (Å²) in [5, 5.41) is 0. The van der Waals surface area contributed by atoms with Crippen LogP contribution in [0, 0.1) is 0 Å². The first-order chi connectivity index (χ1) is 11.6. The van der Waals surface area contributed by atoms with Gasteiger partial charge < -0.3 is 9.30 Å². The van der Waals surface area contributed by atoms with Crippen molar-refractivity contribution in [1.82, 2.24) is 4.57 Å². The highest BCUT2D eigenvalue weighted by molar-refractivity contribution is 9.10. The summed E-state index contributed by atoms with van der Waals surface area (Å²) in [5.74, 6) is -0.744. The number of amides is 1. The molecule has 0 spiro atoms. The Hall–Kier alpha value is -2.25. The van der Waals surface area contributed by atoms with Crippen LogP contribution in [0.15, 0.2) is 58.0 Å². The molecule has 1 aromatic heterocycles. The molecule has 3 aromatic rings. The van der Waals surface area contributed by atoms with Gasteiger partial charge in [0.15, 0.2) is 4.80 Å². The van der Waals surface area contributed by atoms with Crippen LogP contribution in [-0.4, -0.2) is 23.6 Å². The van der Waals surface area contributed by atoms with Gasteiger partial charge in [-0.25, -0.2) is 0 Å². The van der Waals surface area contributed by atoms with Crippen molar-refractivity contribution < 1.29 is 14.3 Å². The molecule has 0 N–H and O–H groups in total. The third-order valence-corrected chi connectivity index (χ3v) is 4.91. The first kappa shape index (κ1) is 16.6. The topological polar surface area (TPSA) is 60.7 Å². The van der Waals surface area contributed by atoms with Crippen LogP contribution in [0.2, 0.25) is 0 Å². The highest BCUT2D eigenvalue weighted by atomic mass is 79.9. The Morgan fingerprint density at radius 1 is 1.21 bits per heavy atom. The van der Waals surface area contributed by atoms with Crippen molar-refractivity contribution in [1.29, 1.82) is 0 Å². The predicted octanol–water partition coefficient (Wildman–Crippen LogP) is 3.38. The number of thiazole rings is 1. The lowest BCUT2D eigenvalue weighted by Gasteiger charge is -2.03. The SMILES string of the molecule is COC(=O)Cn1c(=NC(=O)c2ccccc2)sc2cc(Br)ccc21. The maximum atomic E-state index is 12.4. The molecule has 24 heavy (non-hydrogen) atoms. The second kappa shape index (κ2) is 7.11. The van der Waals surface area contributed by atoms with Gasteiger partial charge in [-0.1, -0.05) is 45.5 Å². The van der Waals surface area contributed by atoms with Crippen molar-refractivity contribution in [2.24, 2.45) is 4.99 Å². The van der Waals surface area contributed by atoms with Gasteiger partial charge in [-0.2, -0.15) is 4.99 Å². The van der Waals surface area contributed by atoms with E-state index in [1.54, 1.807) is 28.8 Å². The summed E-state index contributed by atoms with van der Waals surface area (Å²) in [6.07, 6.45) is 0. The number of methoxy groups -OCH3 is 1. The quantitative estimate of drug-likeness (QED) is 0.628. The van der Waals surface area contributed by atoms with E-state index >= 15 is 0 Å². The molecule has 5 nitrogen and oxygen atoms in total. The number of esters is 1. The zero-order chi connectivity index (χ0) is 17.1. The fourth-order valence-corrected chi connectivity index (χ4v) is 3.79. The van der Waals surface area contributed by atoms with Gasteiger partial charge in [-0.15, -0.1) is 0 Å². The Kier molecular flexibility index (Phi) is 4.92. The molecule has 0 aliphatic heterocycles. The van der Waals surface area contributed by atoms with E-state index in [1.807, 2.05) is 24.3 Å². The molecule has 0 radical (unpaired) electrons. The molecule has 1 heterocycles. The smallest absolute Gasteiger partial charge is 0.325 e. The van der Waals surface area contributed by atoms with Crippen LogP contribution in [0.4, 0.5) is 0 Å². The molecule has 0 unspecified atom stereocenters. The van der Waals surface area contributed by atoms with Crippen molar-refractivity contribution >= 4 is 49.4 Å². The molecular formula is C17H13BrN2O3S. The molecule has 1 amide bonds. The summed E-state index contributed by atoms with van der Waals surface area (Å²) in [5.41, 5.74) is 1.33. The minimum Gasteiger partial charge on any atom is -0.468 e. The van der Waals surface area contributed by atoms with Crippen molar-refractivity contribution in [3.63, 3.8) is 0 Å². The molecule has 0 saturated carbocycles. The lowest BCUT2D eigenvalue weighted by atomic mass is 10.2. The Morgan fingerprint density at radius 3 is 2.67 bits per heavy atom. The number of hydrogen-bond donors (Lipinski definition) is 0. The molecule has 0 atom stereocenters. The molecule has 0 fully saturated rings. The number of fused-ring (bicyclic) bond motifs is 1. The molecule has 3 rings (SSSR count). The molecule has 2 aromatic carbocycles. The first-order valence-corrected chi connectivity index (χ1v) is 8.69. The summed E-state index contributed by atoms with van der Waals surface area (Å²) < 4.78 is 8.29. The zero-order valence-corrected chi connectivity index (χ0v) is 15.1. The molecule has 7 heteroatoms. The average molecular weight is 405 g/mol. The number of carbonyl (C=O) groups is 2. The first-order valence-electron chi connectivity index (χ1n) is 7.08. The standard InChI is InChI=1S/C17H13BrN2O3S/c1-23-15(21)10-20-13-8-7-12(18)9-14(13)24-17(20)19-16(22)11-5-3-2-4-6-11/h2-9H,10H2,1H3. The monoisotopic (exact) mass is 404 g/mol. The van der Waals surface area contributed by atoms with Gasteiger partial charge in [0.1, 0.15) is 6.54 Å². The van der Waals surface area contributed by atoms with Crippen LogP contribution in [0.5, 0.6) is 0 Å². The molecule has 0 aliphatic carbocycles. The van der Waals surface area contributed by atoms with E-state index in [9.17, 15) is 9.59 Å². The van der Waals surface area contributed by atoms with Gasteiger partial charge in [0.25, 0.3) is 5.91 Å². The van der Waals surface area contributed by atoms with E-state index in [-0.39, 0.29) is 12.5 Å². The van der Waals surface area contributed by atoms with Gasteiger partial charge in [0.2, 0.25) is 0 Å². The lowest BCUT2D eigenvalue weighted by Crippen LogP contribution is -2.22. The third-order valence-electron chi connectivity index (χ3n) is 3.38. The lowest BCUT2D eigenvalue weighted by molar-refractivity contribution is -0.141. The van der Waals surface area contributed by atoms with Gasteiger partial charge in [-0.05, 0) is 30.3 Å². The number of halogens is 1. The number of benzene rings is 2. The average Bonchev–Trinajstić information content (AvgIpc) is 2.91. The maximum Gasteiger partial charge on any atom is 0.325 e. The number of carbonyl (C=O) groups excluding carboxylic acids is 2. The number of hydrogen-bond acceptors (Lipinski definition) is 4. The van der Waals surface area contributed by atoms with Crippen molar-refractivity contribution in [2.75, 3.05) is 7.11 Å². The Balaban J connectivity index is 2.15. The molecule has 122 valence electrons. The molecule has 0 bridgehead atoms. The van der Waals surface area contributed by atoms with Crippen LogP contribution >= 0.6 is 27.3 Å². The van der Waals surface area contributed by atoms with E-state index in [2.05, 4.69) is 20.9 Å². The largest absolute Gasteiger partial charge is 0.468 e. The molecule has 0 aliphatic rings. The summed E-state index contributed by atoms with van der Waals surface area (Å²) >= 11 is 4.78. The van der Waals surface area contributed by atoms with E-state index in [4.69, 9.17) is 4.74 Å². The minimum absolute atomic E-state index is 0.000957. The van der Waals surface area contributed by atoms with E-state index in [1.165, 1.54) is 18.4 Å². The van der Waals surface area contributed by atoms with E-state index in [0.717, 1.165) is 14.7 Å².